The number of hydrogen-bond donors (Lipinski definition) is 1. The maximum atomic E-state index is 12.2. The predicted octanol–water partition coefficient (Wildman–Crippen LogP) is 0.428. The lowest BCUT2D eigenvalue weighted by Crippen LogP contribution is -2.40. The summed E-state index contributed by atoms with van der Waals surface area (Å²) in [6, 6.07) is 0. The maximum Gasteiger partial charge on any atom is 0.216 e. The minimum atomic E-state index is -3.12. The van der Waals surface area contributed by atoms with Crippen LogP contribution in [0.25, 0.3) is 0 Å². The lowest BCUT2D eigenvalue weighted by atomic mass is 9.78. The van der Waals surface area contributed by atoms with Gasteiger partial charge in [-0.2, -0.15) is 0 Å². The summed E-state index contributed by atoms with van der Waals surface area (Å²) in [4.78, 5) is 0. The van der Waals surface area contributed by atoms with Crippen LogP contribution >= 0.6 is 0 Å². The number of hydrogen-bond acceptors (Lipinski definition) is 4. The van der Waals surface area contributed by atoms with Crippen LogP contribution in [-0.4, -0.2) is 57.9 Å². The van der Waals surface area contributed by atoms with E-state index in [0.29, 0.717) is 26.3 Å². The van der Waals surface area contributed by atoms with E-state index in [9.17, 15) is 8.42 Å². The van der Waals surface area contributed by atoms with Gasteiger partial charge in [0.15, 0.2) is 0 Å². The van der Waals surface area contributed by atoms with Crippen molar-refractivity contribution in [3.8, 4) is 0 Å². The third-order valence-corrected chi connectivity index (χ3v) is 5.93. The van der Waals surface area contributed by atoms with Crippen molar-refractivity contribution in [1.29, 1.82) is 0 Å². The Morgan fingerprint density at radius 3 is 2.67 bits per heavy atom. The van der Waals surface area contributed by atoms with Crippen LogP contribution in [0.1, 0.15) is 26.2 Å². The molecule has 18 heavy (non-hydrogen) atoms. The Labute approximate surface area is 110 Å². The van der Waals surface area contributed by atoms with Crippen LogP contribution in [0, 0.1) is 5.41 Å². The monoisotopic (exact) mass is 276 g/mol. The van der Waals surface area contributed by atoms with E-state index in [-0.39, 0.29) is 11.2 Å². The molecule has 2 heterocycles. The van der Waals surface area contributed by atoms with Gasteiger partial charge in [-0.1, -0.05) is 0 Å². The van der Waals surface area contributed by atoms with Crippen molar-refractivity contribution in [3.05, 3.63) is 0 Å². The van der Waals surface area contributed by atoms with Crippen LogP contribution in [-0.2, 0) is 14.8 Å². The van der Waals surface area contributed by atoms with Gasteiger partial charge in [-0.15, -0.1) is 0 Å². The first-order valence-corrected chi connectivity index (χ1v) is 8.45. The molecule has 6 heteroatoms. The predicted molar refractivity (Wildman–Crippen MR) is 71.0 cm³/mol. The van der Waals surface area contributed by atoms with Gasteiger partial charge >= 0.3 is 0 Å². The molecular formula is C12H24N2O3S. The molecule has 2 aliphatic rings. The zero-order chi connectivity index (χ0) is 13.1. The summed E-state index contributed by atoms with van der Waals surface area (Å²) in [6.45, 7) is 6.21. The van der Waals surface area contributed by atoms with Crippen LogP contribution in [0.2, 0.25) is 0 Å². The number of ether oxygens (including phenoxy) is 1. The number of sulfonamides is 1. The van der Waals surface area contributed by atoms with Gasteiger partial charge in [-0.3, -0.25) is 0 Å². The number of nitrogens with zero attached hydrogens (tertiary/aromatic N) is 1. The van der Waals surface area contributed by atoms with Crippen molar-refractivity contribution >= 4 is 10.0 Å². The first-order valence-electron chi connectivity index (χ1n) is 6.84. The summed E-state index contributed by atoms with van der Waals surface area (Å²) in [5.41, 5.74) is 0.240. The van der Waals surface area contributed by atoms with Crippen LogP contribution in [0.4, 0.5) is 0 Å². The Balaban J connectivity index is 1.91. The van der Waals surface area contributed by atoms with Crippen molar-refractivity contribution in [1.82, 2.24) is 9.62 Å². The Bertz CT molecular complexity index is 364. The van der Waals surface area contributed by atoms with E-state index in [2.05, 4.69) is 5.32 Å². The summed E-state index contributed by atoms with van der Waals surface area (Å²) in [7, 11) is -3.12. The molecule has 0 aromatic rings. The van der Waals surface area contributed by atoms with E-state index in [1.54, 1.807) is 4.31 Å². The molecule has 0 aliphatic carbocycles. The van der Waals surface area contributed by atoms with Gasteiger partial charge in [0.05, 0.1) is 12.4 Å². The molecule has 0 amide bonds. The summed E-state index contributed by atoms with van der Waals surface area (Å²) >= 11 is 0. The van der Waals surface area contributed by atoms with E-state index in [1.807, 2.05) is 6.92 Å². The third kappa shape index (κ3) is 3.23. The molecule has 0 aromatic carbocycles. The van der Waals surface area contributed by atoms with Gasteiger partial charge in [0, 0.05) is 19.7 Å². The summed E-state index contributed by atoms with van der Waals surface area (Å²) in [5, 5.41) is 3.34. The molecule has 1 spiro atoms. The molecule has 5 nitrogen and oxygen atoms in total. The van der Waals surface area contributed by atoms with Crippen LogP contribution in [0.15, 0.2) is 0 Å². The van der Waals surface area contributed by atoms with Crippen molar-refractivity contribution < 1.29 is 13.2 Å². The Morgan fingerprint density at radius 1 is 1.28 bits per heavy atom. The van der Waals surface area contributed by atoms with E-state index >= 15 is 0 Å². The minimum absolute atomic E-state index is 0.120. The molecule has 0 saturated carbocycles. The van der Waals surface area contributed by atoms with E-state index < -0.39 is 10.0 Å². The van der Waals surface area contributed by atoms with E-state index in [4.69, 9.17) is 4.74 Å². The molecule has 2 aliphatic heterocycles. The fourth-order valence-corrected chi connectivity index (χ4v) is 4.36. The third-order valence-electron chi connectivity index (χ3n) is 4.15. The van der Waals surface area contributed by atoms with Gasteiger partial charge in [0.25, 0.3) is 0 Å². The molecule has 106 valence electrons. The summed E-state index contributed by atoms with van der Waals surface area (Å²) in [6.07, 6.45) is 3.22. The molecule has 0 aromatic heterocycles. The Morgan fingerprint density at radius 2 is 2.00 bits per heavy atom. The Hall–Kier alpha value is -0.170. The fourth-order valence-electron chi connectivity index (χ4n) is 2.93. The smallest absolute Gasteiger partial charge is 0.216 e. The second-order valence-corrected chi connectivity index (χ2v) is 7.43. The van der Waals surface area contributed by atoms with Gasteiger partial charge in [0.2, 0.25) is 10.0 Å². The second kappa shape index (κ2) is 5.86. The van der Waals surface area contributed by atoms with Crippen molar-refractivity contribution in [2.75, 3.05) is 45.1 Å². The van der Waals surface area contributed by atoms with Crippen LogP contribution < -0.4 is 5.32 Å². The average molecular weight is 276 g/mol. The standard InChI is InChI=1S/C12H24N2O3S/c1-2-17-9-10-18(15,16)14-8-5-12(11-14)3-6-13-7-4-12/h13H,2-11H2,1H3. The molecule has 0 radical (unpaired) electrons. The highest BCUT2D eigenvalue weighted by atomic mass is 32.2. The first-order chi connectivity index (χ1) is 8.58. The normalized spacial score (nSPS) is 24.7. The van der Waals surface area contributed by atoms with Gasteiger partial charge in [0.1, 0.15) is 0 Å². The second-order valence-electron chi connectivity index (χ2n) is 5.35. The molecular weight excluding hydrogens is 252 g/mol. The van der Waals surface area contributed by atoms with Crippen molar-refractivity contribution in [2.45, 2.75) is 26.2 Å². The molecule has 0 unspecified atom stereocenters. The van der Waals surface area contributed by atoms with Crippen LogP contribution in [0.3, 0.4) is 0 Å². The van der Waals surface area contributed by atoms with Crippen LogP contribution in [0.5, 0.6) is 0 Å². The highest BCUT2D eigenvalue weighted by molar-refractivity contribution is 7.89. The molecule has 0 bridgehead atoms. The zero-order valence-corrected chi connectivity index (χ0v) is 12.0. The van der Waals surface area contributed by atoms with E-state index in [0.717, 1.165) is 32.4 Å². The van der Waals surface area contributed by atoms with E-state index in [1.165, 1.54) is 0 Å². The number of nitrogens with one attached hydrogen (secondary N) is 1. The van der Waals surface area contributed by atoms with Gasteiger partial charge in [-0.25, -0.2) is 12.7 Å². The zero-order valence-electron chi connectivity index (χ0n) is 11.2. The van der Waals surface area contributed by atoms with Gasteiger partial charge < -0.3 is 10.1 Å². The lowest BCUT2D eigenvalue weighted by molar-refractivity contribution is 0.162. The quantitative estimate of drug-likeness (QED) is 0.740. The van der Waals surface area contributed by atoms with Crippen molar-refractivity contribution in [2.24, 2.45) is 5.41 Å². The number of rotatable bonds is 5. The molecule has 2 rings (SSSR count). The summed E-state index contributed by atoms with van der Waals surface area (Å²) < 4.78 is 31.2. The largest absolute Gasteiger partial charge is 0.381 e. The molecule has 1 N–H and O–H groups in total. The summed E-state index contributed by atoms with van der Waals surface area (Å²) in [5.74, 6) is 0.120. The lowest BCUT2D eigenvalue weighted by Gasteiger charge is -2.33. The topological polar surface area (TPSA) is 58.6 Å². The molecule has 0 atom stereocenters. The Kier molecular flexibility index (Phi) is 4.64. The molecule has 2 saturated heterocycles. The van der Waals surface area contributed by atoms with Crippen molar-refractivity contribution in [3.63, 3.8) is 0 Å². The van der Waals surface area contributed by atoms with Gasteiger partial charge in [-0.05, 0) is 44.7 Å². The first kappa shape index (κ1) is 14.2. The minimum Gasteiger partial charge on any atom is -0.381 e. The molecule has 2 fully saturated rings. The highest BCUT2D eigenvalue weighted by Gasteiger charge is 2.42. The maximum absolute atomic E-state index is 12.2. The SMILES string of the molecule is CCOCCS(=O)(=O)N1CCC2(CCNCC2)C1. The average Bonchev–Trinajstić information content (AvgIpc) is 2.75. The fraction of sp³-hybridized carbons (Fsp3) is 1.00. The highest BCUT2D eigenvalue weighted by Crippen LogP contribution is 2.39. The number of piperidine rings is 1.